The van der Waals surface area contributed by atoms with Crippen molar-refractivity contribution in [3.8, 4) is 11.4 Å². The molecule has 120 valence electrons. The average molecular weight is 311 g/mol. The van der Waals surface area contributed by atoms with E-state index in [1.165, 1.54) is 0 Å². The van der Waals surface area contributed by atoms with Crippen LogP contribution in [0.3, 0.4) is 0 Å². The highest BCUT2D eigenvalue weighted by Crippen LogP contribution is 2.28. The molecule has 5 heteroatoms. The second kappa shape index (κ2) is 5.99. The summed E-state index contributed by atoms with van der Waals surface area (Å²) < 4.78 is 5.48. The van der Waals surface area contributed by atoms with Crippen LogP contribution in [0.15, 0.2) is 36.5 Å². The van der Waals surface area contributed by atoms with Crippen molar-refractivity contribution in [1.82, 2.24) is 9.97 Å². The minimum atomic E-state index is -0.514. The Morgan fingerprint density at radius 2 is 1.96 bits per heavy atom. The molecule has 5 nitrogen and oxygen atoms in total. The first-order valence-electron chi connectivity index (χ1n) is 7.86. The summed E-state index contributed by atoms with van der Waals surface area (Å²) in [6, 6.07) is 9.86. The van der Waals surface area contributed by atoms with E-state index in [0.717, 1.165) is 29.8 Å². The van der Waals surface area contributed by atoms with Crippen molar-refractivity contribution in [2.45, 2.75) is 39.2 Å². The minimum absolute atomic E-state index is 0.338. The molecule has 0 saturated heterocycles. The number of ether oxygens (including phenoxy) is 1. The first-order valence-corrected chi connectivity index (χ1v) is 7.86. The molecule has 0 N–H and O–H groups in total. The second-order valence-electron chi connectivity index (χ2n) is 6.63. The molecule has 1 aliphatic rings. The Morgan fingerprint density at radius 3 is 2.65 bits per heavy atom. The van der Waals surface area contributed by atoms with Gasteiger partial charge >= 0.3 is 6.09 Å². The highest BCUT2D eigenvalue weighted by Gasteiger charge is 2.28. The van der Waals surface area contributed by atoms with Crippen LogP contribution in [0.25, 0.3) is 11.4 Å². The number of benzene rings is 1. The van der Waals surface area contributed by atoms with Crippen LogP contribution in [0.4, 0.5) is 10.5 Å². The van der Waals surface area contributed by atoms with Gasteiger partial charge in [0.15, 0.2) is 5.82 Å². The summed E-state index contributed by atoms with van der Waals surface area (Å²) in [4.78, 5) is 23.1. The fourth-order valence-electron chi connectivity index (χ4n) is 2.58. The molecule has 0 radical (unpaired) electrons. The van der Waals surface area contributed by atoms with Crippen LogP contribution in [0.2, 0.25) is 0 Å². The van der Waals surface area contributed by atoms with Gasteiger partial charge in [-0.25, -0.2) is 14.8 Å². The van der Waals surface area contributed by atoms with Crippen molar-refractivity contribution in [3.05, 3.63) is 42.2 Å². The largest absolute Gasteiger partial charge is 0.443 e. The molecule has 23 heavy (non-hydrogen) atoms. The van der Waals surface area contributed by atoms with Crippen molar-refractivity contribution >= 4 is 11.8 Å². The molecule has 0 saturated carbocycles. The zero-order valence-corrected chi connectivity index (χ0v) is 13.7. The van der Waals surface area contributed by atoms with Gasteiger partial charge in [-0.05, 0) is 33.6 Å². The number of aryl methyl sites for hydroxylation is 1. The number of amides is 1. The van der Waals surface area contributed by atoms with E-state index in [4.69, 9.17) is 4.74 Å². The van der Waals surface area contributed by atoms with Gasteiger partial charge in [-0.2, -0.15) is 0 Å². The maximum atomic E-state index is 12.4. The lowest BCUT2D eigenvalue weighted by atomic mass is 10.1. The predicted molar refractivity (Wildman–Crippen MR) is 89.4 cm³/mol. The third kappa shape index (κ3) is 3.50. The number of carbonyl (C=O) groups excluding carboxylic acids is 1. The SMILES string of the molecule is CC(C)(C)OC(=O)N1CCCc2nc(-c3ccccc3)ncc21. The van der Waals surface area contributed by atoms with Crippen molar-refractivity contribution in [1.29, 1.82) is 0 Å². The molecule has 3 rings (SSSR count). The summed E-state index contributed by atoms with van der Waals surface area (Å²) in [5.41, 5.74) is 2.12. The molecule has 2 heterocycles. The van der Waals surface area contributed by atoms with Crippen LogP contribution in [-0.2, 0) is 11.2 Å². The molecule has 0 atom stereocenters. The Labute approximate surface area is 136 Å². The second-order valence-corrected chi connectivity index (χ2v) is 6.63. The van der Waals surface area contributed by atoms with E-state index in [9.17, 15) is 4.79 Å². The van der Waals surface area contributed by atoms with Crippen LogP contribution >= 0.6 is 0 Å². The summed E-state index contributed by atoms with van der Waals surface area (Å²) in [7, 11) is 0. The summed E-state index contributed by atoms with van der Waals surface area (Å²) in [6.45, 7) is 6.23. The van der Waals surface area contributed by atoms with Gasteiger partial charge in [-0.3, -0.25) is 4.90 Å². The van der Waals surface area contributed by atoms with Gasteiger partial charge in [-0.15, -0.1) is 0 Å². The highest BCUT2D eigenvalue weighted by atomic mass is 16.6. The van der Waals surface area contributed by atoms with Gasteiger partial charge < -0.3 is 4.74 Å². The topological polar surface area (TPSA) is 55.3 Å². The van der Waals surface area contributed by atoms with Gasteiger partial charge in [0.1, 0.15) is 5.60 Å². The molecule has 0 fully saturated rings. The van der Waals surface area contributed by atoms with E-state index in [1.807, 2.05) is 51.1 Å². The molecular weight excluding hydrogens is 290 g/mol. The van der Waals surface area contributed by atoms with E-state index < -0.39 is 5.60 Å². The Hall–Kier alpha value is -2.43. The monoisotopic (exact) mass is 311 g/mol. The van der Waals surface area contributed by atoms with Gasteiger partial charge in [0.05, 0.1) is 17.6 Å². The van der Waals surface area contributed by atoms with Crippen LogP contribution in [0.1, 0.15) is 32.9 Å². The Balaban J connectivity index is 1.90. The number of rotatable bonds is 1. The third-order valence-electron chi connectivity index (χ3n) is 3.58. The maximum absolute atomic E-state index is 12.4. The highest BCUT2D eigenvalue weighted by molar-refractivity contribution is 5.89. The number of carbonyl (C=O) groups is 1. The van der Waals surface area contributed by atoms with Crippen molar-refractivity contribution in [3.63, 3.8) is 0 Å². The lowest BCUT2D eigenvalue weighted by Crippen LogP contribution is -2.40. The maximum Gasteiger partial charge on any atom is 0.414 e. The van der Waals surface area contributed by atoms with E-state index in [1.54, 1.807) is 11.1 Å². The summed E-state index contributed by atoms with van der Waals surface area (Å²) >= 11 is 0. The van der Waals surface area contributed by atoms with Gasteiger partial charge in [0.2, 0.25) is 0 Å². The molecule has 0 aliphatic carbocycles. The average Bonchev–Trinajstić information content (AvgIpc) is 2.53. The van der Waals surface area contributed by atoms with Crippen LogP contribution in [-0.4, -0.2) is 28.2 Å². The van der Waals surface area contributed by atoms with E-state index >= 15 is 0 Å². The molecule has 2 aromatic rings. The molecule has 0 spiro atoms. The number of aromatic nitrogens is 2. The van der Waals surface area contributed by atoms with Crippen molar-refractivity contribution < 1.29 is 9.53 Å². The van der Waals surface area contributed by atoms with E-state index in [-0.39, 0.29) is 6.09 Å². The summed E-state index contributed by atoms with van der Waals surface area (Å²) in [6.07, 6.45) is 3.11. The van der Waals surface area contributed by atoms with Gasteiger partial charge in [-0.1, -0.05) is 30.3 Å². The molecule has 1 amide bonds. The van der Waals surface area contributed by atoms with Crippen molar-refractivity contribution in [2.75, 3.05) is 11.4 Å². The molecule has 0 bridgehead atoms. The number of hydrogen-bond donors (Lipinski definition) is 0. The van der Waals surface area contributed by atoms with Gasteiger partial charge in [0.25, 0.3) is 0 Å². The Morgan fingerprint density at radius 1 is 1.22 bits per heavy atom. The fraction of sp³-hybridized carbons (Fsp3) is 0.389. The minimum Gasteiger partial charge on any atom is -0.443 e. The molecular formula is C18H21N3O2. The number of fused-ring (bicyclic) bond motifs is 1. The lowest BCUT2D eigenvalue weighted by Gasteiger charge is -2.30. The quantitative estimate of drug-likeness (QED) is 0.803. The number of anilines is 1. The van der Waals surface area contributed by atoms with Crippen LogP contribution < -0.4 is 4.90 Å². The first kappa shape index (κ1) is 15.5. The molecule has 1 aliphatic heterocycles. The molecule has 0 unspecified atom stereocenters. The summed E-state index contributed by atoms with van der Waals surface area (Å²) in [5.74, 6) is 0.690. The third-order valence-corrected chi connectivity index (χ3v) is 3.58. The zero-order valence-electron chi connectivity index (χ0n) is 13.7. The number of nitrogens with zero attached hydrogens (tertiary/aromatic N) is 3. The molecule has 1 aromatic heterocycles. The first-order chi connectivity index (χ1) is 10.9. The van der Waals surface area contributed by atoms with Crippen LogP contribution in [0, 0.1) is 0 Å². The summed E-state index contributed by atoms with van der Waals surface area (Å²) in [5, 5.41) is 0. The van der Waals surface area contributed by atoms with Gasteiger partial charge in [0, 0.05) is 12.1 Å². The fourth-order valence-corrected chi connectivity index (χ4v) is 2.58. The smallest absolute Gasteiger partial charge is 0.414 e. The zero-order chi connectivity index (χ0) is 16.4. The van der Waals surface area contributed by atoms with E-state index in [0.29, 0.717) is 12.4 Å². The predicted octanol–water partition coefficient (Wildman–Crippen LogP) is 3.83. The number of hydrogen-bond acceptors (Lipinski definition) is 4. The Bertz CT molecular complexity index is 708. The van der Waals surface area contributed by atoms with Crippen LogP contribution in [0.5, 0.6) is 0 Å². The lowest BCUT2D eigenvalue weighted by molar-refractivity contribution is 0.0577. The standard InChI is InChI=1S/C18H21N3O2/c1-18(2,3)23-17(22)21-11-7-10-14-15(21)12-19-16(20-14)13-8-5-4-6-9-13/h4-6,8-9,12H,7,10-11H2,1-3H3. The Kier molecular flexibility index (Phi) is 4.03. The normalized spacial score (nSPS) is 14.3. The van der Waals surface area contributed by atoms with E-state index in [2.05, 4.69) is 9.97 Å². The van der Waals surface area contributed by atoms with Crippen molar-refractivity contribution in [2.24, 2.45) is 0 Å². The molecule has 1 aromatic carbocycles.